The van der Waals surface area contributed by atoms with Crippen molar-refractivity contribution in [2.24, 2.45) is 0 Å². The lowest BCUT2D eigenvalue weighted by Gasteiger charge is -2.05. The predicted molar refractivity (Wildman–Crippen MR) is 71.3 cm³/mol. The van der Waals surface area contributed by atoms with Gasteiger partial charge in [0.2, 0.25) is 10.0 Å². The summed E-state index contributed by atoms with van der Waals surface area (Å²) in [6, 6.07) is 10.0. The molecular formula is C12H13NO3S2. The highest BCUT2D eigenvalue weighted by Crippen LogP contribution is 2.15. The number of phenolic OH excluding ortho intramolecular Hbond substituents is 1. The Morgan fingerprint density at radius 3 is 2.50 bits per heavy atom. The van der Waals surface area contributed by atoms with Crippen LogP contribution in [0, 0.1) is 0 Å². The number of nitrogens with one attached hydrogen (secondary N) is 1. The second kappa shape index (κ2) is 5.51. The largest absolute Gasteiger partial charge is 0.508 e. The van der Waals surface area contributed by atoms with Gasteiger partial charge < -0.3 is 5.11 Å². The summed E-state index contributed by atoms with van der Waals surface area (Å²) in [5.74, 6) is 0.206. The lowest BCUT2D eigenvalue weighted by atomic mass is 10.1. The molecule has 0 aliphatic carbocycles. The van der Waals surface area contributed by atoms with E-state index in [2.05, 4.69) is 4.72 Å². The summed E-state index contributed by atoms with van der Waals surface area (Å²) >= 11 is 1.19. The van der Waals surface area contributed by atoms with Gasteiger partial charge in [0.25, 0.3) is 0 Å². The second-order valence-electron chi connectivity index (χ2n) is 3.75. The van der Waals surface area contributed by atoms with E-state index in [4.69, 9.17) is 5.11 Å². The maximum atomic E-state index is 11.8. The van der Waals surface area contributed by atoms with Crippen molar-refractivity contribution in [2.45, 2.75) is 10.6 Å². The summed E-state index contributed by atoms with van der Waals surface area (Å²) < 4.78 is 26.5. The van der Waals surface area contributed by atoms with Crippen molar-refractivity contribution in [3.63, 3.8) is 0 Å². The normalized spacial score (nSPS) is 11.6. The Bertz CT molecular complexity index is 589. The minimum absolute atomic E-state index is 0.206. The minimum atomic E-state index is -3.38. The molecule has 0 amide bonds. The molecule has 0 spiro atoms. The standard InChI is InChI=1S/C12H13NO3S2/c14-11-5-3-10(4-6-11)7-8-13-18(15,16)12-2-1-9-17-12/h1-6,9,13-14H,7-8H2. The zero-order chi connectivity index (χ0) is 13.0. The van der Waals surface area contributed by atoms with E-state index < -0.39 is 10.0 Å². The molecule has 0 saturated carbocycles. The molecule has 0 saturated heterocycles. The third-order valence-corrected chi connectivity index (χ3v) is 5.26. The number of hydrogen-bond acceptors (Lipinski definition) is 4. The quantitative estimate of drug-likeness (QED) is 0.881. The van der Waals surface area contributed by atoms with Gasteiger partial charge >= 0.3 is 0 Å². The van der Waals surface area contributed by atoms with Crippen LogP contribution in [0.5, 0.6) is 5.75 Å². The zero-order valence-corrected chi connectivity index (χ0v) is 11.2. The number of sulfonamides is 1. The van der Waals surface area contributed by atoms with Crippen LogP contribution in [0.25, 0.3) is 0 Å². The highest BCUT2D eigenvalue weighted by Gasteiger charge is 2.13. The van der Waals surface area contributed by atoms with Gasteiger partial charge in [-0.3, -0.25) is 0 Å². The lowest BCUT2D eigenvalue weighted by molar-refractivity contribution is 0.475. The van der Waals surface area contributed by atoms with Crippen LogP contribution >= 0.6 is 11.3 Å². The smallest absolute Gasteiger partial charge is 0.250 e. The summed E-state index contributed by atoms with van der Waals surface area (Å²) in [6.45, 7) is 0.338. The van der Waals surface area contributed by atoms with Gasteiger partial charge in [-0.1, -0.05) is 18.2 Å². The number of phenols is 1. The average Bonchev–Trinajstić information content (AvgIpc) is 2.86. The summed E-state index contributed by atoms with van der Waals surface area (Å²) in [5, 5.41) is 10.9. The van der Waals surface area contributed by atoms with Crippen LogP contribution in [0.3, 0.4) is 0 Å². The Balaban J connectivity index is 1.91. The van der Waals surface area contributed by atoms with Crippen LogP contribution in [0.1, 0.15) is 5.56 Å². The van der Waals surface area contributed by atoms with E-state index in [1.54, 1.807) is 41.8 Å². The average molecular weight is 283 g/mol. The molecule has 2 aromatic rings. The van der Waals surface area contributed by atoms with Gasteiger partial charge in [-0.25, -0.2) is 13.1 Å². The Kier molecular flexibility index (Phi) is 4.00. The molecule has 1 aromatic carbocycles. The van der Waals surface area contributed by atoms with Gasteiger partial charge in [-0.2, -0.15) is 0 Å². The molecule has 0 bridgehead atoms. The van der Waals surface area contributed by atoms with Crippen LogP contribution < -0.4 is 4.72 Å². The highest BCUT2D eigenvalue weighted by molar-refractivity contribution is 7.91. The molecule has 2 N–H and O–H groups in total. The minimum Gasteiger partial charge on any atom is -0.508 e. The van der Waals surface area contributed by atoms with E-state index >= 15 is 0 Å². The number of rotatable bonds is 5. The van der Waals surface area contributed by atoms with Crippen LogP contribution in [-0.2, 0) is 16.4 Å². The third kappa shape index (κ3) is 3.32. The summed E-state index contributed by atoms with van der Waals surface area (Å²) in [4.78, 5) is 0. The Hall–Kier alpha value is -1.37. The predicted octanol–water partition coefficient (Wildman–Crippen LogP) is 1.97. The maximum Gasteiger partial charge on any atom is 0.250 e. The van der Waals surface area contributed by atoms with E-state index in [0.29, 0.717) is 17.2 Å². The van der Waals surface area contributed by atoms with Crippen molar-refractivity contribution >= 4 is 21.4 Å². The topological polar surface area (TPSA) is 66.4 Å². The van der Waals surface area contributed by atoms with E-state index in [1.165, 1.54) is 11.3 Å². The first kappa shape index (κ1) is 13.1. The summed E-state index contributed by atoms with van der Waals surface area (Å²) in [7, 11) is -3.38. The van der Waals surface area contributed by atoms with Gasteiger partial charge in [0.05, 0.1) is 0 Å². The van der Waals surface area contributed by atoms with Gasteiger partial charge in [-0.15, -0.1) is 11.3 Å². The fourth-order valence-corrected chi connectivity index (χ4v) is 3.55. The van der Waals surface area contributed by atoms with Crippen molar-refractivity contribution in [3.05, 3.63) is 47.3 Å². The zero-order valence-electron chi connectivity index (χ0n) is 9.54. The summed E-state index contributed by atoms with van der Waals surface area (Å²) in [5.41, 5.74) is 0.974. The SMILES string of the molecule is O=S(=O)(NCCc1ccc(O)cc1)c1cccs1. The number of thiophene rings is 1. The molecular weight excluding hydrogens is 270 g/mol. The molecule has 18 heavy (non-hydrogen) atoms. The monoisotopic (exact) mass is 283 g/mol. The van der Waals surface area contributed by atoms with Crippen LogP contribution in [0.2, 0.25) is 0 Å². The van der Waals surface area contributed by atoms with E-state index in [0.717, 1.165) is 5.56 Å². The molecule has 0 aliphatic heterocycles. The van der Waals surface area contributed by atoms with Gasteiger partial charge in [0.1, 0.15) is 9.96 Å². The van der Waals surface area contributed by atoms with Gasteiger partial charge in [0, 0.05) is 6.54 Å². The van der Waals surface area contributed by atoms with Gasteiger partial charge in [-0.05, 0) is 35.6 Å². The van der Waals surface area contributed by atoms with Crippen molar-refractivity contribution in [1.82, 2.24) is 4.72 Å². The van der Waals surface area contributed by atoms with Crippen LogP contribution in [-0.4, -0.2) is 20.1 Å². The Morgan fingerprint density at radius 2 is 1.89 bits per heavy atom. The van der Waals surface area contributed by atoms with Crippen molar-refractivity contribution in [2.75, 3.05) is 6.54 Å². The number of benzene rings is 1. The first-order chi connectivity index (χ1) is 8.58. The molecule has 1 heterocycles. The van der Waals surface area contributed by atoms with Crippen LogP contribution in [0.15, 0.2) is 46.0 Å². The third-order valence-electron chi connectivity index (χ3n) is 2.40. The first-order valence-electron chi connectivity index (χ1n) is 5.39. The van der Waals surface area contributed by atoms with Crippen LogP contribution in [0.4, 0.5) is 0 Å². The van der Waals surface area contributed by atoms with Crippen molar-refractivity contribution in [3.8, 4) is 5.75 Å². The van der Waals surface area contributed by atoms with E-state index in [9.17, 15) is 8.42 Å². The number of aromatic hydroxyl groups is 1. The molecule has 0 radical (unpaired) electrons. The van der Waals surface area contributed by atoms with Crippen molar-refractivity contribution < 1.29 is 13.5 Å². The molecule has 4 nitrogen and oxygen atoms in total. The Morgan fingerprint density at radius 1 is 1.17 bits per heavy atom. The highest BCUT2D eigenvalue weighted by atomic mass is 32.2. The van der Waals surface area contributed by atoms with E-state index in [-0.39, 0.29) is 5.75 Å². The van der Waals surface area contributed by atoms with Gasteiger partial charge in [0.15, 0.2) is 0 Å². The molecule has 1 aromatic heterocycles. The maximum absolute atomic E-state index is 11.8. The molecule has 96 valence electrons. The lowest BCUT2D eigenvalue weighted by Crippen LogP contribution is -2.25. The second-order valence-corrected chi connectivity index (χ2v) is 6.69. The molecule has 0 fully saturated rings. The molecule has 0 aliphatic rings. The fraction of sp³-hybridized carbons (Fsp3) is 0.167. The number of hydrogen-bond donors (Lipinski definition) is 2. The first-order valence-corrected chi connectivity index (χ1v) is 7.75. The summed E-state index contributed by atoms with van der Waals surface area (Å²) in [6.07, 6.45) is 0.588. The van der Waals surface area contributed by atoms with E-state index in [1.807, 2.05) is 0 Å². The van der Waals surface area contributed by atoms with Crippen molar-refractivity contribution in [1.29, 1.82) is 0 Å². The fourth-order valence-electron chi connectivity index (χ4n) is 1.48. The molecule has 0 unspecified atom stereocenters. The molecule has 6 heteroatoms. The molecule has 2 rings (SSSR count). The molecule has 0 atom stereocenters. The Labute approximate surface area is 110 Å².